The first-order valence-corrected chi connectivity index (χ1v) is 7.74. The van der Waals surface area contributed by atoms with E-state index in [0.717, 1.165) is 37.7 Å². The van der Waals surface area contributed by atoms with Gasteiger partial charge in [-0.1, -0.05) is 0 Å². The monoisotopic (exact) mass is 292 g/mol. The molecule has 1 aromatic rings. The SMILES string of the molecule is Cc1cc(NC(=O)CN(CC2CCOC2)C2CC2)n(C)n1. The number of ether oxygens (including phenoxy) is 1. The molecule has 1 aromatic heterocycles. The molecular weight excluding hydrogens is 268 g/mol. The summed E-state index contributed by atoms with van der Waals surface area (Å²) in [5.74, 6) is 1.39. The summed E-state index contributed by atoms with van der Waals surface area (Å²) < 4.78 is 7.15. The molecule has 0 aromatic carbocycles. The normalized spacial score (nSPS) is 22.0. The highest BCUT2D eigenvalue weighted by Gasteiger charge is 2.32. The van der Waals surface area contributed by atoms with Crippen LogP contribution in [0.2, 0.25) is 0 Å². The molecule has 3 rings (SSSR count). The van der Waals surface area contributed by atoms with Crippen molar-refractivity contribution in [3.63, 3.8) is 0 Å². The van der Waals surface area contributed by atoms with Crippen molar-refractivity contribution in [2.75, 3.05) is 31.6 Å². The Morgan fingerprint density at radius 2 is 2.33 bits per heavy atom. The molecule has 21 heavy (non-hydrogen) atoms. The Morgan fingerprint density at radius 1 is 1.52 bits per heavy atom. The van der Waals surface area contributed by atoms with Gasteiger partial charge in [-0.2, -0.15) is 5.10 Å². The van der Waals surface area contributed by atoms with Gasteiger partial charge in [0.05, 0.1) is 18.8 Å². The van der Waals surface area contributed by atoms with Gasteiger partial charge in [0.15, 0.2) is 0 Å². The van der Waals surface area contributed by atoms with Crippen LogP contribution >= 0.6 is 0 Å². The predicted molar refractivity (Wildman–Crippen MR) is 80.1 cm³/mol. The summed E-state index contributed by atoms with van der Waals surface area (Å²) in [6.07, 6.45) is 3.54. The smallest absolute Gasteiger partial charge is 0.239 e. The van der Waals surface area contributed by atoms with Crippen LogP contribution in [0, 0.1) is 12.8 Å². The standard InChI is InChI=1S/C15H24N4O2/c1-11-7-14(18(2)17-11)16-15(20)9-19(13-3-4-13)8-12-5-6-21-10-12/h7,12-13H,3-6,8-10H2,1-2H3,(H,16,20). The van der Waals surface area contributed by atoms with Gasteiger partial charge >= 0.3 is 0 Å². The second-order valence-electron chi connectivity index (χ2n) is 6.23. The van der Waals surface area contributed by atoms with Gasteiger partial charge in [0.1, 0.15) is 5.82 Å². The summed E-state index contributed by atoms with van der Waals surface area (Å²) in [4.78, 5) is 14.6. The average Bonchev–Trinajstić information content (AvgIpc) is 3.06. The van der Waals surface area contributed by atoms with Crippen LogP contribution in [-0.4, -0.2) is 52.9 Å². The average molecular weight is 292 g/mol. The quantitative estimate of drug-likeness (QED) is 0.855. The van der Waals surface area contributed by atoms with E-state index >= 15 is 0 Å². The Labute approximate surface area is 125 Å². The molecule has 6 nitrogen and oxygen atoms in total. The van der Waals surface area contributed by atoms with Crippen LogP contribution in [0.3, 0.4) is 0 Å². The van der Waals surface area contributed by atoms with E-state index in [9.17, 15) is 4.79 Å². The highest BCUT2D eigenvalue weighted by Crippen LogP contribution is 2.28. The summed E-state index contributed by atoms with van der Waals surface area (Å²) in [7, 11) is 1.84. The van der Waals surface area contributed by atoms with Crippen LogP contribution in [0.1, 0.15) is 25.0 Å². The summed E-state index contributed by atoms with van der Waals surface area (Å²) >= 11 is 0. The van der Waals surface area contributed by atoms with Crippen molar-refractivity contribution in [1.29, 1.82) is 0 Å². The maximum Gasteiger partial charge on any atom is 0.239 e. The van der Waals surface area contributed by atoms with Crippen LogP contribution in [0.25, 0.3) is 0 Å². The van der Waals surface area contributed by atoms with Crippen LogP contribution < -0.4 is 5.32 Å². The maximum absolute atomic E-state index is 12.3. The second kappa shape index (κ2) is 6.15. The largest absolute Gasteiger partial charge is 0.381 e. The highest BCUT2D eigenvalue weighted by atomic mass is 16.5. The predicted octanol–water partition coefficient (Wildman–Crippen LogP) is 1.17. The molecule has 2 aliphatic rings. The topological polar surface area (TPSA) is 59.4 Å². The van der Waals surface area contributed by atoms with E-state index < -0.39 is 0 Å². The molecule has 0 spiro atoms. The van der Waals surface area contributed by atoms with Crippen molar-refractivity contribution in [2.45, 2.75) is 32.2 Å². The Morgan fingerprint density at radius 3 is 2.90 bits per heavy atom. The van der Waals surface area contributed by atoms with Gasteiger partial charge in [-0.05, 0) is 32.1 Å². The Hall–Kier alpha value is -1.40. The molecule has 1 unspecified atom stereocenters. The lowest BCUT2D eigenvalue weighted by Gasteiger charge is -2.24. The molecular formula is C15H24N4O2. The molecule has 6 heteroatoms. The third-order valence-corrected chi connectivity index (χ3v) is 4.20. The fourth-order valence-electron chi connectivity index (χ4n) is 2.94. The number of rotatable bonds is 6. The molecule has 1 aliphatic carbocycles. The summed E-state index contributed by atoms with van der Waals surface area (Å²) in [5, 5.41) is 7.20. The zero-order chi connectivity index (χ0) is 14.8. The molecule has 0 bridgehead atoms. The molecule has 2 heterocycles. The van der Waals surface area contributed by atoms with Crippen molar-refractivity contribution >= 4 is 11.7 Å². The minimum absolute atomic E-state index is 0.0452. The van der Waals surface area contributed by atoms with E-state index in [2.05, 4.69) is 15.3 Å². The van der Waals surface area contributed by atoms with Gasteiger partial charge in [-0.3, -0.25) is 14.4 Å². The first kappa shape index (κ1) is 14.5. The van der Waals surface area contributed by atoms with Gasteiger partial charge in [0, 0.05) is 32.3 Å². The minimum atomic E-state index is 0.0452. The molecule has 116 valence electrons. The molecule has 1 atom stereocenters. The summed E-state index contributed by atoms with van der Waals surface area (Å²) in [6.45, 7) is 5.07. The molecule has 1 aliphatic heterocycles. The van der Waals surface area contributed by atoms with E-state index in [4.69, 9.17) is 4.74 Å². The zero-order valence-electron chi connectivity index (χ0n) is 12.8. The van der Waals surface area contributed by atoms with Crippen molar-refractivity contribution in [2.24, 2.45) is 13.0 Å². The number of amides is 1. The van der Waals surface area contributed by atoms with Gasteiger partial charge in [0.25, 0.3) is 0 Å². The molecule has 1 N–H and O–H groups in total. The van der Waals surface area contributed by atoms with Crippen molar-refractivity contribution in [1.82, 2.24) is 14.7 Å². The lowest BCUT2D eigenvalue weighted by Crippen LogP contribution is -2.38. The summed E-state index contributed by atoms with van der Waals surface area (Å²) in [6, 6.07) is 2.48. The van der Waals surface area contributed by atoms with Crippen LogP contribution in [-0.2, 0) is 16.6 Å². The Kier molecular flexibility index (Phi) is 4.26. The lowest BCUT2D eigenvalue weighted by atomic mass is 10.1. The van der Waals surface area contributed by atoms with Crippen LogP contribution in [0.15, 0.2) is 6.07 Å². The fraction of sp³-hybridized carbons (Fsp3) is 0.733. The van der Waals surface area contributed by atoms with E-state index in [1.807, 2.05) is 20.0 Å². The number of aryl methyl sites for hydroxylation is 2. The minimum Gasteiger partial charge on any atom is -0.381 e. The second-order valence-corrected chi connectivity index (χ2v) is 6.23. The van der Waals surface area contributed by atoms with Crippen LogP contribution in [0.5, 0.6) is 0 Å². The number of hydrogen-bond acceptors (Lipinski definition) is 4. The van der Waals surface area contributed by atoms with Gasteiger partial charge in [0.2, 0.25) is 5.91 Å². The number of nitrogens with one attached hydrogen (secondary N) is 1. The van der Waals surface area contributed by atoms with Crippen molar-refractivity contribution in [3.8, 4) is 0 Å². The number of nitrogens with zero attached hydrogens (tertiary/aromatic N) is 3. The van der Waals surface area contributed by atoms with Crippen molar-refractivity contribution in [3.05, 3.63) is 11.8 Å². The molecule has 1 saturated heterocycles. The van der Waals surface area contributed by atoms with E-state index in [-0.39, 0.29) is 5.91 Å². The molecule has 0 radical (unpaired) electrons. The lowest BCUT2D eigenvalue weighted by molar-refractivity contribution is -0.117. The number of anilines is 1. The fourth-order valence-corrected chi connectivity index (χ4v) is 2.94. The number of aromatic nitrogens is 2. The maximum atomic E-state index is 12.3. The van der Waals surface area contributed by atoms with Crippen LogP contribution in [0.4, 0.5) is 5.82 Å². The third kappa shape index (κ3) is 3.83. The molecule has 1 saturated carbocycles. The summed E-state index contributed by atoms with van der Waals surface area (Å²) in [5.41, 5.74) is 0.912. The van der Waals surface area contributed by atoms with E-state index in [1.54, 1.807) is 4.68 Å². The Bertz CT molecular complexity index is 504. The van der Waals surface area contributed by atoms with E-state index in [0.29, 0.717) is 18.5 Å². The van der Waals surface area contributed by atoms with E-state index in [1.165, 1.54) is 12.8 Å². The number of carbonyl (C=O) groups excluding carboxylic acids is 1. The first-order valence-electron chi connectivity index (χ1n) is 7.74. The first-order chi connectivity index (χ1) is 10.1. The molecule has 1 amide bonds. The number of carbonyl (C=O) groups is 1. The number of hydrogen-bond donors (Lipinski definition) is 1. The van der Waals surface area contributed by atoms with Gasteiger partial charge in [-0.15, -0.1) is 0 Å². The Balaban J connectivity index is 1.54. The van der Waals surface area contributed by atoms with Gasteiger partial charge < -0.3 is 10.1 Å². The van der Waals surface area contributed by atoms with Crippen molar-refractivity contribution < 1.29 is 9.53 Å². The zero-order valence-corrected chi connectivity index (χ0v) is 12.8. The highest BCUT2D eigenvalue weighted by molar-refractivity contribution is 5.91. The third-order valence-electron chi connectivity index (χ3n) is 4.20. The van der Waals surface area contributed by atoms with Gasteiger partial charge in [-0.25, -0.2) is 0 Å². The molecule has 2 fully saturated rings.